The Bertz CT molecular complexity index is 170. The molecule has 0 aliphatic rings. The quantitative estimate of drug-likeness (QED) is 0.523. The smallest absolute Gasteiger partial charge is 0.224 e. The molecule has 0 radical (unpaired) electrons. The molecule has 0 spiro atoms. The standard InChI is InChI=1S/C8H15NO2S/c1-6(2)9(3)8(11)4-7(12)5-10/h5-7,12H,4H2,1-3H3. The van der Waals surface area contributed by atoms with Crippen molar-refractivity contribution in [2.24, 2.45) is 0 Å². The van der Waals surface area contributed by atoms with Crippen LogP contribution in [0.5, 0.6) is 0 Å². The summed E-state index contributed by atoms with van der Waals surface area (Å²) in [5, 5.41) is -0.473. The van der Waals surface area contributed by atoms with E-state index in [9.17, 15) is 9.59 Å². The van der Waals surface area contributed by atoms with E-state index in [0.29, 0.717) is 6.29 Å². The van der Waals surface area contributed by atoms with E-state index in [2.05, 4.69) is 12.6 Å². The van der Waals surface area contributed by atoms with E-state index in [4.69, 9.17) is 0 Å². The molecule has 3 nitrogen and oxygen atoms in total. The van der Waals surface area contributed by atoms with Gasteiger partial charge in [0.25, 0.3) is 0 Å². The molecular weight excluding hydrogens is 174 g/mol. The molecule has 0 saturated carbocycles. The summed E-state index contributed by atoms with van der Waals surface area (Å²) in [4.78, 5) is 23.1. The van der Waals surface area contributed by atoms with E-state index in [1.54, 1.807) is 11.9 Å². The fourth-order valence-corrected chi connectivity index (χ4v) is 0.815. The Morgan fingerprint density at radius 3 is 2.42 bits per heavy atom. The van der Waals surface area contributed by atoms with Crippen molar-refractivity contribution in [1.29, 1.82) is 0 Å². The lowest BCUT2D eigenvalue weighted by molar-refractivity contribution is -0.132. The fourth-order valence-electron chi connectivity index (χ4n) is 0.659. The Labute approximate surface area is 78.5 Å². The summed E-state index contributed by atoms with van der Waals surface area (Å²) in [7, 11) is 1.72. The van der Waals surface area contributed by atoms with E-state index in [1.165, 1.54) is 0 Å². The van der Waals surface area contributed by atoms with E-state index < -0.39 is 5.25 Å². The molecule has 4 heteroatoms. The maximum atomic E-state index is 11.3. The first-order chi connectivity index (χ1) is 5.49. The van der Waals surface area contributed by atoms with Gasteiger partial charge in [0.15, 0.2) is 0 Å². The predicted octanol–water partition coefficient (Wildman–Crippen LogP) is 0.741. The zero-order chi connectivity index (χ0) is 9.72. The van der Waals surface area contributed by atoms with Gasteiger partial charge in [-0.15, -0.1) is 0 Å². The maximum absolute atomic E-state index is 11.3. The van der Waals surface area contributed by atoms with Crippen LogP contribution in [0.3, 0.4) is 0 Å². The van der Waals surface area contributed by atoms with Gasteiger partial charge in [-0.05, 0) is 13.8 Å². The molecule has 0 aromatic carbocycles. The monoisotopic (exact) mass is 189 g/mol. The lowest BCUT2D eigenvalue weighted by atomic mass is 10.2. The minimum atomic E-state index is -0.473. The van der Waals surface area contributed by atoms with Crippen LogP contribution in [0.4, 0.5) is 0 Å². The number of thiol groups is 1. The average molecular weight is 189 g/mol. The van der Waals surface area contributed by atoms with Crippen molar-refractivity contribution in [1.82, 2.24) is 4.90 Å². The van der Waals surface area contributed by atoms with Crippen molar-refractivity contribution in [3.8, 4) is 0 Å². The normalized spacial score (nSPS) is 12.8. The van der Waals surface area contributed by atoms with Crippen LogP contribution in [0, 0.1) is 0 Å². The fraction of sp³-hybridized carbons (Fsp3) is 0.750. The summed E-state index contributed by atoms with van der Waals surface area (Å²) in [6.07, 6.45) is 0.858. The summed E-state index contributed by atoms with van der Waals surface area (Å²) in [6.45, 7) is 3.85. The van der Waals surface area contributed by atoms with E-state index in [0.717, 1.165) is 0 Å². The topological polar surface area (TPSA) is 37.4 Å². The highest BCUT2D eigenvalue weighted by Gasteiger charge is 2.14. The first-order valence-corrected chi connectivity index (χ1v) is 4.39. The van der Waals surface area contributed by atoms with Crippen LogP contribution in [0.15, 0.2) is 0 Å². The molecule has 70 valence electrons. The number of hydrogen-bond acceptors (Lipinski definition) is 3. The molecule has 0 fully saturated rings. The van der Waals surface area contributed by atoms with Crippen LogP contribution >= 0.6 is 12.6 Å². The zero-order valence-electron chi connectivity index (χ0n) is 7.65. The number of rotatable bonds is 4. The second kappa shape index (κ2) is 5.19. The largest absolute Gasteiger partial charge is 0.343 e. The van der Waals surface area contributed by atoms with Gasteiger partial charge in [0, 0.05) is 19.5 Å². The Balaban J connectivity index is 3.95. The molecule has 1 amide bonds. The first kappa shape index (κ1) is 11.5. The second-order valence-corrected chi connectivity index (χ2v) is 3.67. The van der Waals surface area contributed by atoms with E-state index in [-0.39, 0.29) is 18.4 Å². The van der Waals surface area contributed by atoms with Crippen LogP contribution in [0.2, 0.25) is 0 Å². The molecule has 0 N–H and O–H groups in total. The van der Waals surface area contributed by atoms with Gasteiger partial charge in [0.2, 0.25) is 5.91 Å². The van der Waals surface area contributed by atoms with Crippen LogP contribution in [-0.4, -0.2) is 35.4 Å². The Morgan fingerprint density at radius 2 is 2.08 bits per heavy atom. The first-order valence-electron chi connectivity index (χ1n) is 3.88. The van der Waals surface area contributed by atoms with Gasteiger partial charge in [0.05, 0.1) is 5.25 Å². The highest BCUT2D eigenvalue weighted by molar-refractivity contribution is 7.81. The molecule has 0 aromatic heterocycles. The number of amides is 1. The number of carbonyl (C=O) groups excluding carboxylic acids is 2. The van der Waals surface area contributed by atoms with Gasteiger partial charge in [-0.2, -0.15) is 12.6 Å². The minimum absolute atomic E-state index is 0.0444. The lowest BCUT2D eigenvalue weighted by Crippen LogP contribution is -2.34. The summed E-state index contributed by atoms with van der Waals surface area (Å²) < 4.78 is 0. The van der Waals surface area contributed by atoms with Crippen molar-refractivity contribution in [2.45, 2.75) is 31.6 Å². The molecule has 0 aromatic rings. The van der Waals surface area contributed by atoms with Crippen molar-refractivity contribution in [3.05, 3.63) is 0 Å². The third kappa shape index (κ3) is 3.76. The Hall–Kier alpha value is -0.510. The van der Waals surface area contributed by atoms with E-state index in [1.807, 2.05) is 13.8 Å². The molecule has 0 saturated heterocycles. The molecule has 0 heterocycles. The summed E-state index contributed by atoms with van der Waals surface area (Å²) in [6, 6.07) is 0.171. The van der Waals surface area contributed by atoms with Gasteiger partial charge in [-0.1, -0.05) is 0 Å². The Morgan fingerprint density at radius 1 is 1.58 bits per heavy atom. The third-order valence-corrected chi connectivity index (χ3v) is 2.01. The minimum Gasteiger partial charge on any atom is -0.343 e. The number of hydrogen-bond donors (Lipinski definition) is 1. The van der Waals surface area contributed by atoms with Crippen molar-refractivity contribution >= 4 is 24.8 Å². The van der Waals surface area contributed by atoms with Crippen molar-refractivity contribution < 1.29 is 9.59 Å². The molecule has 1 atom stereocenters. The summed E-state index contributed by atoms with van der Waals surface area (Å²) in [5.41, 5.74) is 0. The zero-order valence-corrected chi connectivity index (χ0v) is 8.54. The van der Waals surface area contributed by atoms with Crippen molar-refractivity contribution in [3.63, 3.8) is 0 Å². The molecule has 1 unspecified atom stereocenters. The maximum Gasteiger partial charge on any atom is 0.224 e. The van der Waals surface area contributed by atoms with Gasteiger partial charge < -0.3 is 9.69 Å². The molecule has 0 bridgehead atoms. The van der Waals surface area contributed by atoms with Gasteiger partial charge in [0.1, 0.15) is 6.29 Å². The molecule has 0 aliphatic heterocycles. The summed E-state index contributed by atoms with van der Waals surface area (Å²) in [5.74, 6) is -0.0444. The number of carbonyl (C=O) groups is 2. The average Bonchev–Trinajstić information content (AvgIpc) is 2.02. The number of nitrogens with zero attached hydrogens (tertiary/aromatic N) is 1. The van der Waals surface area contributed by atoms with Gasteiger partial charge in [-0.3, -0.25) is 4.79 Å². The lowest BCUT2D eigenvalue weighted by Gasteiger charge is -2.21. The molecule has 0 rings (SSSR count). The summed E-state index contributed by atoms with van der Waals surface area (Å²) >= 11 is 3.92. The van der Waals surface area contributed by atoms with Crippen LogP contribution in [-0.2, 0) is 9.59 Å². The number of aldehydes is 1. The Kier molecular flexibility index (Phi) is 4.97. The van der Waals surface area contributed by atoms with Gasteiger partial charge in [-0.25, -0.2) is 0 Å². The SMILES string of the molecule is CC(C)N(C)C(=O)CC(S)C=O. The van der Waals surface area contributed by atoms with Gasteiger partial charge >= 0.3 is 0 Å². The second-order valence-electron chi connectivity index (χ2n) is 3.01. The van der Waals surface area contributed by atoms with Crippen molar-refractivity contribution in [2.75, 3.05) is 7.05 Å². The molecular formula is C8H15NO2S. The van der Waals surface area contributed by atoms with E-state index >= 15 is 0 Å². The predicted molar refractivity (Wildman–Crippen MR) is 51.4 cm³/mol. The highest BCUT2D eigenvalue weighted by atomic mass is 32.1. The van der Waals surface area contributed by atoms with Crippen LogP contribution in [0.25, 0.3) is 0 Å². The highest BCUT2D eigenvalue weighted by Crippen LogP contribution is 2.03. The third-order valence-electron chi connectivity index (χ3n) is 1.71. The van der Waals surface area contributed by atoms with Crippen LogP contribution in [0.1, 0.15) is 20.3 Å². The van der Waals surface area contributed by atoms with Crippen LogP contribution < -0.4 is 0 Å². The molecule has 0 aliphatic carbocycles. The molecule has 12 heavy (non-hydrogen) atoms.